The van der Waals surface area contributed by atoms with Gasteiger partial charge in [0, 0.05) is 13.1 Å². The molecule has 1 amide bonds. The first-order valence-electron chi connectivity index (χ1n) is 7.18. The number of phenols is 1. The van der Waals surface area contributed by atoms with E-state index in [0.29, 0.717) is 18.8 Å². The molecule has 1 heterocycles. The third kappa shape index (κ3) is 7.56. The molecule has 5 heteroatoms. The Morgan fingerprint density at radius 2 is 1.90 bits per heavy atom. The lowest BCUT2D eigenvalue weighted by molar-refractivity contribution is 0.00391. The molecule has 1 fully saturated rings. The zero-order valence-corrected chi connectivity index (χ0v) is 13.0. The third-order valence-electron chi connectivity index (χ3n) is 2.80. The van der Waals surface area contributed by atoms with Crippen LogP contribution in [0.3, 0.4) is 0 Å². The zero-order chi connectivity index (χ0) is 15.9. The molecule has 0 spiro atoms. The first kappa shape index (κ1) is 17.3. The molecule has 1 saturated heterocycles. The Kier molecular flexibility index (Phi) is 6.49. The number of β-amino-alcohol motifs (C(OH)–C–C–N with tert-alkyl or cyclic N) is 1. The molecule has 2 rings (SSSR count). The average Bonchev–Trinajstić information content (AvgIpc) is 2.38. The van der Waals surface area contributed by atoms with Crippen LogP contribution in [0.2, 0.25) is 0 Å². The third-order valence-corrected chi connectivity index (χ3v) is 2.80. The molecule has 0 aliphatic carbocycles. The van der Waals surface area contributed by atoms with E-state index in [1.807, 2.05) is 26.8 Å². The van der Waals surface area contributed by atoms with Gasteiger partial charge < -0.3 is 19.8 Å². The predicted octanol–water partition coefficient (Wildman–Crippen LogP) is 2.77. The predicted molar refractivity (Wildman–Crippen MR) is 81.2 cm³/mol. The number of benzene rings is 1. The first-order chi connectivity index (χ1) is 9.78. The minimum absolute atomic E-state index is 0.322. The van der Waals surface area contributed by atoms with Crippen molar-refractivity contribution < 1.29 is 19.7 Å². The van der Waals surface area contributed by atoms with Crippen molar-refractivity contribution in [3.05, 3.63) is 30.3 Å². The number of hydrogen-bond donors (Lipinski definition) is 2. The van der Waals surface area contributed by atoms with Crippen molar-refractivity contribution in [1.82, 2.24) is 4.90 Å². The van der Waals surface area contributed by atoms with Gasteiger partial charge in [0.25, 0.3) is 0 Å². The second kappa shape index (κ2) is 7.88. The molecular weight excluding hydrogens is 270 g/mol. The highest BCUT2D eigenvalue weighted by Gasteiger charge is 2.26. The molecule has 0 saturated carbocycles. The lowest BCUT2D eigenvalue weighted by Crippen LogP contribution is -2.44. The van der Waals surface area contributed by atoms with E-state index in [2.05, 4.69) is 0 Å². The quantitative estimate of drug-likeness (QED) is 0.772. The average molecular weight is 295 g/mol. The van der Waals surface area contributed by atoms with Gasteiger partial charge in [0.05, 0.1) is 6.10 Å². The molecule has 0 aromatic heterocycles. The normalized spacial score (nSPS) is 18.5. The van der Waals surface area contributed by atoms with E-state index in [1.165, 1.54) is 0 Å². The second-order valence-electron chi connectivity index (χ2n) is 6.06. The molecule has 1 aliphatic rings. The minimum Gasteiger partial charge on any atom is -0.508 e. The summed E-state index contributed by atoms with van der Waals surface area (Å²) in [4.78, 5) is 13.1. The summed E-state index contributed by atoms with van der Waals surface area (Å²) in [6, 6.07) is 8.71. The van der Waals surface area contributed by atoms with Crippen LogP contribution in [0.5, 0.6) is 5.75 Å². The number of ether oxygens (including phenoxy) is 1. The van der Waals surface area contributed by atoms with E-state index in [9.17, 15) is 9.90 Å². The fraction of sp³-hybridized carbons (Fsp3) is 0.562. The topological polar surface area (TPSA) is 70.0 Å². The van der Waals surface area contributed by atoms with Crippen molar-refractivity contribution >= 4 is 6.09 Å². The van der Waals surface area contributed by atoms with Crippen molar-refractivity contribution in [2.24, 2.45) is 0 Å². The van der Waals surface area contributed by atoms with Crippen LogP contribution in [0.4, 0.5) is 4.79 Å². The number of nitrogens with zero attached hydrogens (tertiary/aromatic N) is 1. The Labute approximate surface area is 126 Å². The SMILES string of the molecule is CC(C)(C)OC(=O)N1CCCC(O)C1.Oc1ccccc1. The summed E-state index contributed by atoms with van der Waals surface area (Å²) in [6.07, 6.45) is 0.909. The molecular formula is C16H25NO4. The Morgan fingerprint density at radius 1 is 1.29 bits per heavy atom. The van der Waals surface area contributed by atoms with Crippen LogP contribution < -0.4 is 0 Å². The number of phenolic OH excluding ortho intramolecular Hbond substituents is 1. The van der Waals surface area contributed by atoms with Crippen LogP contribution in [0, 0.1) is 0 Å². The van der Waals surface area contributed by atoms with Crippen LogP contribution in [-0.4, -0.2) is 46.0 Å². The maximum absolute atomic E-state index is 11.6. The molecule has 1 atom stereocenters. The van der Waals surface area contributed by atoms with Crippen molar-refractivity contribution in [3.63, 3.8) is 0 Å². The Balaban J connectivity index is 0.000000262. The molecule has 1 aliphatic heterocycles. The molecule has 2 N–H and O–H groups in total. The van der Waals surface area contributed by atoms with Crippen molar-refractivity contribution in [1.29, 1.82) is 0 Å². The van der Waals surface area contributed by atoms with Gasteiger partial charge in [-0.25, -0.2) is 4.79 Å². The van der Waals surface area contributed by atoms with Gasteiger partial charge in [-0.15, -0.1) is 0 Å². The van der Waals surface area contributed by atoms with Crippen LogP contribution in [-0.2, 0) is 4.74 Å². The Hall–Kier alpha value is -1.75. The molecule has 5 nitrogen and oxygen atoms in total. The maximum Gasteiger partial charge on any atom is 0.410 e. The van der Waals surface area contributed by atoms with E-state index >= 15 is 0 Å². The molecule has 1 aromatic rings. The largest absolute Gasteiger partial charge is 0.508 e. The van der Waals surface area contributed by atoms with Crippen LogP contribution in [0.1, 0.15) is 33.6 Å². The van der Waals surface area contributed by atoms with Crippen LogP contribution in [0.25, 0.3) is 0 Å². The number of hydrogen-bond acceptors (Lipinski definition) is 4. The number of rotatable bonds is 0. The molecule has 1 aromatic carbocycles. The summed E-state index contributed by atoms with van der Waals surface area (Å²) < 4.78 is 5.20. The number of aliphatic hydroxyl groups is 1. The highest BCUT2D eigenvalue weighted by atomic mass is 16.6. The van der Waals surface area contributed by atoms with Gasteiger partial charge in [-0.3, -0.25) is 0 Å². The molecule has 21 heavy (non-hydrogen) atoms. The molecule has 1 unspecified atom stereocenters. The fourth-order valence-electron chi connectivity index (χ4n) is 1.88. The number of aliphatic hydroxyl groups excluding tert-OH is 1. The standard InChI is InChI=1S/C10H19NO3.C6H6O/c1-10(2,3)14-9(13)11-6-4-5-8(12)7-11;7-6-4-2-1-3-5-6/h8,12H,4-7H2,1-3H3;1-5,7H. The summed E-state index contributed by atoms with van der Waals surface area (Å²) in [5.74, 6) is 0.322. The number of para-hydroxylation sites is 1. The highest BCUT2D eigenvalue weighted by Crippen LogP contribution is 2.14. The lowest BCUT2D eigenvalue weighted by Gasteiger charge is -2.32. The summed E-state index contributed by atoms with van der Waals surface area (Å²) in [5.41, 5.74) is -0.459. The molecule has 0 radical (unpaired) electrons. The number of likely N-dealkylation sites (tertiary alicyclic amines) is 1. The summed E-state index contributed by atoms with van der Waals surface area (Å²) >= 11 is 0. The van der Waals surface area contributed by atoms with Crippen molar-refractivity contribution in [3.8, 4) is 5.75 Å². The highest BCUT2D eigenvalue weighted by molar-refractivity contribution is 5.68. The maximum atomic E-state index is 11.6. The number of aromatic hydroxyl groups is 1. The summed E-state index contributed by atoms with van der Waals surface area (Å²) in [6.45, 7) is 6.60. The van der Waals surface area contributed by atoms with Crippen LogP contribution in [0.15, 0.2) is 30.3 Å². The van der Waals surface area contributed by atoms with Gasteiger partial charge in [-0.1, -0.05) is 18.2 Å². The van der Waals surface area contributed by atoms with Gasteiger partial charge in [-0.05, 0) is 45.7 Å². The van der Waals surface area contributed by atoms with E-state index in [0.717, 1.165) is 12.8 Å². The van der Waals surface area contributed by atoms with Crippen LogP contribution >= 0.6 is 0 Å². The summed E-state index contributed by atoms with van der Waals surface area (Å²) in [7, 11) is 0. The van der Waals surface area contributed by atoms with Gasteiger partial charge in [0.15, 0.2) is 0 Å². The Bertz CT molecular complexity index is 428. The molecule has 0 bridgehead atoms. The van der Waals surface area contributed by atoms with Gasteiger partial charge in [-0.2, -0.15) is 0 Å². The number of carbonyl (C=O) groups is 1. The Morgan fingerprint density at radius 3 is 2.33 bits per heavy atom. The van der Waals surface area contributed by atoms with Gasteiger partial charge in [0.1, 0.15) is 11.4 Å². The summed E-state index contributed by atoms with van der Waals surface area (Å²) in [5, 5.41) is 18.0. The van der Waals surface area contributed by atoms with E-state index < -0.39 is 11.7 Å². The van der Waals surface area contributed by atoms with Gasteiger partial charge in [0.2, 0.25) is 0 Å². The number of carbonyl (C=O) groups excluding carboxylic acids is 1. The molecule has 118 valence electrons. The zero-order valence-electron chi connectivity index (χ0n) is 13.0. The fourth-order valence-corrected chi connectivity index (χ4v) is 1.88. The number of amides is 1. The van der Waals surface area contributed by atoms with E-state index in [1.54, 1.807) is 29.2 Å². The van der Waals surface area contributed by atoms with E-state index in [4.69, 9.17) is 9.84 Å². The second-order valence-corrected chi connectivity index (χ2v) is 6.06. The van der Waals surface area contributed by atoms with E-state index in [-0.39, 0.29) is 6.09 Å². The first-order valence-corrected chi connectivity index (χ1v) is 7.18. The minimum atomic E-state index is -0.459. The van der Waals surface area contributed by atoms with Gasteiger partial charge >= 0.3 is 6.09 Å². The smallest absolute Gasteiger partial charge is 0.410 e. The van der Waals surface area contributed by atoms with Crippen molar-refractivity contribution in [2.75, 3.05) is 13.1 Å². The number of piperidine rings is 1. The van der Waals surface area contributed by atoms with Crippen molar-refractivity contribution in [2.45, 2.75) is 45.3 Å². The monoisotopic (exact) mass is 295 g/mol. The lowest BCUT2D eigenvalue weighted by atomic mass is 10.1.